The predicted molar refractivity (Wildman–Crippen MR) is 63.5 cm³/mol. The third kappa shape index (κ3) is 3.46. The van der Waals surface area contributed by atoms with Gasteiger partial charge in [-0.25, -0.2) is 5.84 Å². The van der Waals surface area contributed by atoms with E-state index in [1.54, 1.807) is 18.5 Å². The molecule has 0 fully saturated rings. The number of amides is 1. The summed E-state index contributed by atoms with van der Waals surface area (Å²) < 4.78 is 6.32. The van der Waals surface area contributed by atoms with Gasteiger partial charge in [0.2, 0.25) is 0 Å². The van der Waals surface area contributed by atoms with E-state index in [-0.39, 0.29) is 11.8 Å². The number of nitrogens with zero attached hydrogens (tertiary/aromatic N) is 1. The SMILES string of the molecule is CC(C)C(Oc1cncc(Br)c1)C(=O)NN. The number of hydrazine groups is 1. The van der Waals surface area contributed by atoms with Crippen molar-refractivity contribution in [2.75, 3.05) is 0 Å². The molecule has 0 saturated heterocycles. The molecule has 5 nitrogen and oxygen atoms in total. The summed E-state index contributed by atoms with van der Waals surface area (Å²) >= 11 is 3.28. The lowest BCUT2D eigenvalue weighted by atomic mass is 10.1. The third-order valence-corrected chi connectivity index (χ3v) is 2.38. The molecule has 1 amide bonds. The van der Waals surface area contributed by atoms with E-state index in [1.165, 1.54) is 0 Å². The smallest absolute Gasteiger partial charge is 0.275 e. The van der Waals surface area contributed by atoms with E-state index < -0.39 is 6.10 Å². The Kier molecular flexibility index (Phi) is 4.70. The quantitative estimate of drug-likeness (QED) is 0.496. The highest BCUT2D eigenvalue weighted by Crippen LogP contribution is 2.19. The monoisotopic (exact) mass is 287 g/mol. The zero-order chi connectivity index (χ0) is 12.1. The van der Waals surface area contributed by atoms with Crippen LogP contribution in [0, 0.1) is 5.92 Å². The molecule has 3 N–H and O–H groups in total. The lowest BCUT2D eigenvalue weighted by molar-refractivity contribution is -0.129. The number of nitrogens with two attached hydrogens (primary N) is 1. The largest absolute Gasteiger partial charge is 0.479 e. The van der Waals surface area contributed by atoms with Crippen molar-refractivity contribution in [2.45, 2.75) is 20.0 Å². The second-order valence-electron chi connectivity index (χ2n) is 3.63. The fourth-order valence-electron chi connectivity index (χ4n) is 1.18. The number of aromatic nitrogens is 1. The van der Waals surface area contributed by atoms with Gasteiger partial charge in [0.05, 0.1) is 6.20 Å². The van der Waals surface area contributed by atoms with Crippen molar-refractivity contribution in [1.82, 2.24) is 10.4 Å². The van der Waals surface area contributed by atoms with Gasteiger partial charge in [-0.2, -0.15) is 0 Å². The van der Waals surface area contributed by atoms with Gasteiger partial charge in [-0.15, -0.1) is 0 Å². The lowest BCUT2D eigenvalue weighted by Gasteiger charge is -2.20. The minimum absolute atomic E-state index is 0.0162. The zero-order valence-corrected chi connectivity index (χ0v) is 10.7. The van der Waals surface area contributed by atoms with Gasteiger partial charge in [0.15, 0.2) is 6.10 Å². The first-order valence-corrected chi connectivity index (χ1v) is 5.61. The maximum atomic E-state index is 11.4. The summed E-state index contributed by atoms with van der Waals surface area (Å²) in [6.07, 6.45) is 2.56. The van der Waals surface area contributed by atoms with Crippen molar-refractivity contribution >= 4 is 21.8 Å². The number of rotatable bonds is 4. The molecule has 1 heterocycles. The molecule has 16 heavy (non-hydrogen) atoms. The van der Waals surface area contributed by atoms with Gasteiger partial charge in [0, 0.05) is 10.7 Å². The van der Waals surface area contributed by atoms with E-state index in [0.717, 1.165) is 4.47 Å². The average molecular weight is 288 g/mol. The molecule has 0 aliphatic heterocycles. The van der Waals surface area contributed by atoms with Gasteiger partial charge >= 0.3 is 0 Å². The topological polar surface area (TPSA) is 77.2 Å². The van der Waals surface area contributed by atoms with Crippen LogP contribution in [0.25, 0.3) is 0 Å². The van der Waals surface area contributed by atoms with Gasteiger partial charge in [-0.05, 0) is 27.9 Å². The molecule has 1 rings (SSSR count). The highest BCUT2D eigenvalue weighted by Gasteiger charge is 2.23. The number of hydrogen-bond donors (Lipinski definition) is 2. The maximum absolute atomic E-state index is 11.4. The fraction of sp³-hybridized carbons (Fsp3) is 0.400. The van der Waals surface area contributed by atoms with Crippen molar-refractivity contribution in [3.05, 3.63) is 22.9 Å². The van der Waals surface area contributed by atoms with E-state index in [9.17, 15) is 4.79 Å². The molecule has 1 atom stereocenters. The second kappa shape index (κ2) is 5.81. The number of carbonyl (C=O) groups excluding carboxylic acids is 1. The Labute approximate surface area is 102 Å². The van der Waals surface area contributed by atoms with E-state index in [1.807, 2.05) is 13.8 Å². The first-order valence-electron chi connectivity index (χ1n) is 4.82. The molecule has 0 radical (unpaired) electrons. The standard InChI is InChI=1S/C10H14BrN3O2/c1-6(2)9(10(15)14-12)16-8-3-7(11)4-13-5-8/h3-6,9H,12H2,1-2H3,(H,14,15). The molecule has 6 heteroatoms. The molecule has 88 valence electrons. The summed E-state index contributed by atoms with van der Waals surface area (Å²) in [5.41, 5.74) is 2.09. The van der Waals surface area contributed by atoms with Crippen LogP contribution < -0.4 is 16.0 Å². The average Bonchev–Trinajstić information content (AvgIpc) is 2.24. The molecule has 1 aromatic rings. The van der Waals surface area contributed by atoms with Crippen molar-refractivity contribution in [1.29, 1.82) is 0 Å². The van der Waals surface area contributed by atoms with Crippen LogP contribution in [0.15, 0.2) is 22.9 Å². The lowest BCUT2D eigenvalue weighted by Crippen LogP contribution is -2.44. The van der Waals surface area contributed by atoms with Crippen LogP contribution in [0.2, 0.25) is 0 Å². The van der Waals surface area contributed by atoms with Crippen LogP contribution in [0.5, 0.6) is 5.75 Å². The summed E-state index contributed by atoms with van der Waals surface area (Å²) in [6.45, 7) is 3.76. The molecular weight excluding hydrogens is 274 g/mol. The number of hydrogen-bond acceptors (Lipinski definition) is 4. The van der Waals surface area contributed by atoms with Crippen molar-refractivity contribution in [3.8, 4) is 5.75 Å². The number of nitrogens with one attached hydrogen (secondary N) is 1. The second-order valence-corrected chi connectivity index (χ2v) is 4.55. The third-order valence-electron chi connectivity index (χ3n) is 1.95. The summed E-state index contributed by atoms with van der Waals surface area (Å²) in [6, 6.07) is 1.74. The Morgan fingerprint density at radius 1 is 1.56 bits per heavy atom. The van der Waals surface area contributed by atoms with E-state index in [0.29, 0.717) is 5.75 Å². The van der Waals surface area contributed by atoms with Crippen LogP contribution in [0.1, 0.15) is 13.8 Å². The van der Waals surface area contributed by atoms with Gasteiger partial charge in [0.1, 0.15) is 5.75 Å². The molecule has 0 spiro atoms. The molecule has 1 aromatic heterocycles. The number of halogens is 1. The summed E-state index contributed by atoms with van der Waals surface area (Å²) in [5.74, 6) is 5.28. The maximum Gasteiger partial charge on any atom is 0.275 e. The van der Waals surface area contributed by atoms with Crippen LogP contribution in [0.3, 0.4) is 0 Å². The molecule has 0 bridgehead atoms. The van der Waals surface area contributed by atoms with E-state index >= 15 is 0 Å². The minimum atomic E-state index is -0.624. The number of ether oxygens (including phenoxy) is 1. The van der Waals surface area contributed by atoms with Crippen molar-refractivity contribution < 1.29 is 9.53 Å². The van der Waals surface area contributed by atoms with Crippen LogP contribution >= 0.6 is 15.9 Å². The Bertz CT molecular complexity index is 371. The highest BCUT2D eigenvalue weighted by atomic mass is 79.9. The van der Waals surface area contributed by atoms with E-state index in [4.69, 9.17) is 10.6 Å². The van der Waals surface area contributed by atoms with Gasteiger partial charge in [-0.1, -0.05) is 13.8 Å². The first-order chi connectivity index (χ1) is 7.54. The number of pyridine rings is 1. The zero-order valence-electron chi connectivity index (χ0n) is 9.11. The predicted octanol–water partition coefficient (Wildman–Crippen LogP) is 1.24. The Hall–Kier alpha value is -1.14. The molecule has 0 aliphatic carbocycles. The van der Waals surface area contributed by atoms with Gasteiger partial charge in [0.25, 0.3) is 5.91 Å². The van der Waals surface area contributed by atoms with E-state index in [2.05, 4.69) is 26.3 Å². The summed E-state index contributed by atoms with van der Waals surface area (Å²) in [4.78, 5) is 15.4. The molecule has 0 aliphatic rings. The van der Waals surface area contributed by atoms with Gasteiger partial charge in [-0.3, -0.25) is 15.2 Å². The molecular formula is C10H14BrN3O2. The minimum Gasteiger partial charge on any atom is -0.479 e. The summed E-state index contributed by atoms with van der Waals surface area (Å²) in [5, 5.41) is 0. The van der Waals surface area contributed by atoms with Crippen molar-refractivity contribution in [2.24, 2.45) is 11.8 Å². The molecule has 1 unspecified atom stereocenters. The van der Waals surface area contributed by atoms with Crippen LogP contribution in [-0.4, -0.2) is 17.0 Å². The Balaban J connectivity index is 2.79. The molecule has 0 saturated carbocycles. The van der Waals surface area contributed by atoms with Crippen LogP contribution in [0.4, 0.5) is 0 Å². The van der Waals surface area contributed by atoms with Crippen molar-refractivity contribution in [3.63, 3.8) is 0 Å². The Morgan fingerprint density at radius 2 is 2.25 bits per heavy atom. The summed E-state index contributed by atoms with van der Waals surface area (Å²) in [7, 11) is 0. The number of carbonyl (C=O) groups is 1. The Morgan fingerprint density at radius 3 is 2.75 bits per heavy atom. The van der Waals surface area contributed by atoms with Gasteiger partial charge < -0.3 is 4.74 Å². The fourth-order valence-corrected chi connectivity index (χ4v) is 1.52. The normalized spacial score (nSPS) is 12.3. The highest BCUT2D eigenvalue weighted by molar-refractivity contribution is 9.10. The molecule has 0 aromatic carbocycles. The van der Waals surface area contributed by atoms with Crippen LogP contribution in [-0.2, 0) is 4.79 Å². The first kappa shape index (κ1) is 12.9.